The Labute approximate surface area is 136 Å². The van der Waals surface area contributed by atoms with Gasteiger partial charge in [0.05, 0.1) is 16.8 Å². The lowest BCUT2D eigenvalue weighted by atomic mass is 10.2. The number of sulfonamides is 1. The topological polar surface area (TPSA) is 93.1 Å². The van der Waals surface area contributed by atoms with E-state index in [1.165, 1.54) is 24.0 Å². The van der Waals surface area contributed by atoms with Gasteiger partial charge >= 0.3 is 0 Å². The van der Waals surface area contributed by atoms with Gasteiger partial charge in [-0.15, -0.1) is 0 Å². The van der Waals surface area contributed by atoms with Crippen molar-refractivity contribution in [2.45, 2.75) is 11.4 Å². The summed E-state index contributed by atoms with van der Waals surface area (Å²) in [7, 11) is -0.632. The maximum Gasteiger partial charge on any atom is 0.282 e. The van der Waals surface area contributed by atoms with E-state index in [-0.39, 0.29) is 17.0 Å². The molecule has 7 nitrogen and oxygen atoms in total. The van der Waals surface area contributed by atoms with E-state index < -0.39 is 10.0 Å². The maximum absolute atomic E-state index is 12.0. The Morgan fingerprint density at radius 1 is 1.32 bits per heavy atom. The summed E-state index contributed by atoms with van der Waals surface area (Å²) in [5, 5.41) is 6.94. The van der Waals surface area contributed by atoms with Crippen LogP contribution in [0.15, 0.2) is 44.6 Å². The molecule has 0 saturated heterocycles. The number of aryl methyl sites for hydroxylation is 1. The molecule has 1 heterocycles. The molecular formula is C13H15BrN4O3S. The zero-order valence-corrected chi connectivity index (χ0v) is 14.4. The van der Waals surface area contributed by atoms with E-state index in [4.69, 9.17) is 0 Å². The molecule has 0 atom stereocenters. The number of aromatic nitrogens is 2. The smallest absolute Gasteiger partial charge is 0.282 e. The minimum atomic E-state index is -3.54. The quantitative estimate of drug-likeness (QED) is 0.801. The van der Waals surface area contributed by atoms with Crippen LogP contribution in [0.4, 0.5) is 5.69 Å². The minimum Gasteiger partial charge on any atom is -0.379 e. The molecule has 1 aromatic heterocycles. The molecule has 0 aliphatic carbocycles. The van der Waals surface area contributed by atoms with E-state index in [2.05, 4.69) is 31.1 Å². The van der Waals surface area contributed by atoms with Gasteiger partial charge in [0.15, 0.2) is 0 Å². The Hall–Kier alpha value is -1.71. The number of halogens is 1. The fourth-order valence-electron chi connectivity index (χ4n) is 1.85. The average Bonchev–Trinajstić information content (AvgIpc) is 2.52. The summed E-state index contributed by atoms with van der Waals surface area (Å²) >= 11 is 3.21. The van der Waals surface area contributed by atoms with Crippen molar-refractivity contribution in [1.82, 2.24) is 14.5 Å². The first-order valence-electron chi connectivity index (χ1n) is 6.34. The van der Waals surface area contributed by atoms with Gasteiger partial charge < -0.3 is 5.32 Å². The average molecular weight is 387 g/mol. The highest BCUT2D eigenvalue weighted by Crippen LogP contribution is 2.20. The van der Waals surface area contributed by atoms with Gasteiger partial charge in [0.2, 0.25) is 10.0 Å². The normalized spacial score (nSPS) is 11.4. The number of anilines is 1. The molecule has 0 aliphatic rings. The predicted molar refractivity (Wildman–Crippen MR) is 87.2 cm³/mol. The van der Waals surface area contributed by atoms with Gasteiger partial charge in [0, 0.05) is 13.6 Å². The minimum absolute atomic E-state index is 0.193. The van der Waals surface area contributed by atoms with E-state index in [0.29, 0.717) is 15.7 Å². The highest BCUT2D eigenvalue weighted by molar-refractivity contribution is 9.10. The largest absolute Gasteiger partial charge is 0.379 e. The van der Waals surface area contributed by atoms with Crippen molar-refractivity contribution < 1.29 is 8.42 Å². The Kier molecular flexibility index (Phi) is 4.99. The summed E-state index contributed by atoms with van der Waals surface area (Å²) in [5.74, 6) is 0. The van der Waals surface area contributed by atoms with Gasteiger partial charge in [-0.2, -0.15) is 5.10 Å². The van der Waals surface area contributed by atoms with Crippen LogP contribution in [0.5, 0.6) is 0 Å². The molecule has 0 spiro atoms. The lowest BCUT2D eigenvalue weighted by Gasteiger charge is -2.12. The molecule has 0 bridgehead atoms. The first kappa shape index (κ1) is 16.7. The maximum atomic E-state index is 12.0. The van der Waals surface area contributed by atoms with Crippen LogP contribution in [0.1, 0.15) is 5.56 Å². The summed E-state index contributed by atoms with van der Waals surface area (Å²) < 4.78 is 27.8. The zero-order valence-electron chi connectivity index (χ0n) is 12.0. The lowest BCUT2D eigenvalue weighted by molar-refractivity contribution is 0.587. The number of rotatable bonds is 5. The van der Waals surface area contributed by atoms with Gasteiger partial charge in [0.1, 0.15) is 4.47 Å². The molecule has 9 heteroatoms. The molecule has 2 N–H and O–H groups in total. The molecule has 118 valence electrons. The van der Waals surface area contributed by atoms with Crippen molar-refractivity contribution in [1.29, 1.82) is 0 Å². The third kappa shape index (κ3) is 3.37. The Bertz CT molecular complexity index is 849. The van der Waals surface area contributed by atoms with Crippen LogP contribution in [0.25, 0.3) is 0 Å². The molecule has 0 radical (unpaired) electrons. The summed E-state index contributed by atoms with van der Waals surface area (Å²) in [4.78, 5) is 12.0. The van der Waals surface area contributed by atoms with E-state index in [9.17, 15) is 13.2 Å². The van der Waals surface area contributed by atoms with Gasteiger partial charge in [0.25, 0.3) is 5.56 Å². The molecule has 22 heavy (non-hydrogen) atoms. The fourth-order valence-corrected chi connectivity index (χ4v) is 3.31. The molecule has 0 amide bonds. The lowest BCUT2D eigenvalue weighted by Crippen LogP contribution is -2.22. The van der Waals surface area contributed by atoms with Crippen LogP contribution >= 0.6 is 15.9 Å². The second-order valence-corrected chi connectivity index (χ2v) is 7.12. The number of nitrogens with zero attached hydrogens (tertiary/aromatic N) is 2. The second kappa shape index (κ2) is 6.59. The molecule has 0 fully saturated rings. The van der Waals surface area contributed by atoms with Crippen LogP contribution in [-0.4, -0.2) is 25.2 Å². The van der Waals surface area contributed by atoms with Crippen LogP contribution in [0.3, 0.4) is 0 Å². The summed E-state index contributed by atoms with van der Waals surface area (Å²) in [5.41, 5.74) is 0.810. The zero-order chi connectivity index (χ0) is 16.3. The van der Waals surface area contributed by atoms with Gasteiger partial charge in [-0.25, -0.2) is 17.8 Å². The SMILES string of the molecule is CNS(=O)(=O)c1ccccc1CNc1cnn(C)c(=O)c1Br. The van der Waals surface area contributed by atoms with Crippen molar-refractivity contribution in [2.24, 2.45) is 7.05 Å². The molecule has 0 unspecified atom stereocenters. The summed E-state index contributed by atoms with van der Waals surface area (Å²) in [6, 6.07) is 6.65. The first-order chi connectivity index (χ1) is 10.4. The number of benzene rings is 1. The van der Waals surface area contributed by atoms with Crippen LogP contribution in [-0.2, 0) is 23.6 Å². The molecule has 0 aliphatic heterocycles. The Balaban J connectivity index is 2.31. The van der Waals surface area contributed by atoms with Crippen molar-refractivity contribution in [2.75, 3.05) is 12.4 Å². The van der Waals surface area contributed by atoms with E-state index in [0.717, 1.165) is 0 Å². The van der Waals surface area contributed by atoms with Crippen molar-refractivity contribution >= 4 is 31.6 Å². The third-order valence-electron chi connectivity index (χ3n) is 3.08. The highest BCUT2D eigenvalue weighted by Gasteiger charge is 2.16. The van der Waals surface area contributed by atoms with Crippen LogP contribution in [0, 0.1) is 0 Å². The van der Waals surface area contributed by atoms with Crippen molar-refractivity contribution in [3.63, 3.8) is 0 Å². The standard InChI is InChI=1S/C13H15BrN4O3S/c1-15-22(20,21)11-6-4-3-5-9(11)7-16-10-8-17-18(2)13(19)12(10)14/h3-6,8,15-16H,7H2,1-2H3. The van der Waals surface area contributed by atoms with Crippen molar-refractivity contribution in [3.8, 4) is 0 Å². The predicted octanol–water partition coefficient (Wildman–Crippen LogP) is 1.06. The fraction of sp³-hybridized carbons (Fsp3) is 0.231. The van der Waals surface area contributed by atoms with E-state index >= 15 is 0 Å². The Morgan fingerprint density at radius 2 is 2.00 bits per heavy atom. The molecule has 1 aromatic carbocycles. The van der Waals surface area contributed by atoms with Gasteiger partial charge in [-0.3, -0.25) is 4.79 Å². The number of nitrogens with one attached hydrogen (secondary N) is 2. The third-order valence-corrected chi connectivity index (χ3v) is 5.36. The number of hydrogen-bond acceptors (Lipinski definition) is 5. The molecule has 2 aromatic rings. The molecule has 0 saturated carbocycles. The summed E-state index contributed by atoms with van der Waals surface area (Å²) in [6.45, 7) is 0.241. The van der Waals surface area contributed by atoms with E-state index in [1.807, 2.05) is 0 Å². The monoisotopic (exact) mass is 386 g/mol. The van der Waals surface area contributed by atoms with Crippen molar-refractivity contribution in [3.05, 3.63) is 50.9 Å². The molecule has 2 rings (SSSR count). The van der Waals surface area contributed by atoms with Gasteiger partial charge in [-0.1, -0.05) is 18.2 Å². The van der Waals surface area contributed by atoms with Crippen LogP contribution < -0.4 is 15.6 Å². The number of hydrogen-bond donors (Lipinski definition) is 2. The Morgan fingerprint density at radius 3 is 2.68 bits per heavy atom. The second-order valence-electron chi connectivity index (χ2n) is 4.47. The van der Waals surface area contributed by atoms with Gasteiger partial charge in [-0.05, 0) is 34.6 Å². The molecular weight excluding hydrogens is 372 g/mol. The van der Waals surface area contributed by atoms with Crippen LogP contribution in [0.2, 0.25) is 0 Å². The summed E-state index contributed by atoms with van der Waals surface area (Å²) in [6.07, 6.45) is 1.50. The first-order valence-corrected chi connectivity index (χ1v) is 8.61. The van der Waals surface area contributed by atoms with E-state index in [1.54, 1.807) is 25.2 Å². The highest BCUT2D eigenvalue weighted by atomic mass is 79.9.